The molecule has 0 radical (unpaired) electrons. The van der Waals surface area contributed by atoms with E-state index in [9.17, 15) is 13.9 Å². The minimum atomic E-state index is -1.41. The van der Waals surface area contributed by atoms with E-state index in [1.807, 2.05) is 26.0 Å². The Kier molecular flexibility index (Phi) is 8.18. The average Bonchev–Trinajstić information content (AvgIpc) is 2.68. The maximum absolute atomic E-state index is 14.0. The SMILES string of the molecule is CC(C)(O)c1c(F)cccc1Oc1cnc2c(F)cccc2c1.CC=NC/C=C/C. The van der Waals surface area contributed by atoms with Crippen molar-refractivity contribution in [3.05, 3.63) is 78.0 Å². The minimum Gasteiger partial charge on any atom is -0.455 e. The molecule has 0 bridgehead atoms. The molecule has 2 aromatic carbocycles. The summed E-state index contributed by atoms with van der Waals surface area (Å²) in [4.78, 5) is 7.98. The molecule has 0 spiro atoms. The van der Waals surface area contributed by atoms with Crippen LogP contribution in [0.5, 0.6) is 11.5 Å². The summed E-state index contributed by atoms with van der Waals surface area (Å²) in [6, 6.07) is 10.5. The monoisotopic (exact) mass is 412 g/mol. The normalized spacial score (nSPS) is 11.7. The number of aliphatic hydroxyl groups is 1. The highest BCUT2D eigenvalue weighted by Crippen LogP contribution is 2.35. The molecule has 3 aromatic rings. The highest BCUT2D eigenvalue weighted by Gasteiger charge is 2.25. The summed E-state index contributed by atoms with van der Waals surface area (Å²) in [6.45, 7) is 7.69. The van der Waals surface area contributed by atoms with Gasteiger partial charge in [-0.2, -0.15) is 0 Å². The van der Waals surface area contributed by atoms with E-state index in [1.165, 1.54) is 38.2 Å². The maximum Gasteiger partial charge on any atom is 0.149 e. The van der Waals surface area contributed by atoms with E-state index in [1.54, 1.807) is 30.5 Å². The number of aromatic nitrogens is 1. The standard InChI is InChI=1S/C18H15F2NO2.C6H11N/c1-18(2,22)16-13(19)6-4-8-15(16)23-12-9-11-5-3-7-14(20)17(11)21-10-12;1-3-5-6-7-4-2/h3-10,22H,1-2H3;3-5H,6H2,1-2H3/b;5-3+,7-4?. The number of benzene rings is 2. The van der Waals surface area contributed by atoms with Crippen LogP contribution in [0.4, 0.5) is 8.78 Å². The second kappa shape index (κ2) is 10.6. The lowest BCUT2D eigenvalue weighted by Crippen LogP contribution is -2.18. The molecule has 0 saturated heterocycles. The summed E-state index contributed by atoms with van der Waals surface area (Å²) in [5.74, 6) is -0.457. The number of halogens is 2. The quantitative estimate of drug-likeness (QED) is 0.402. The number of para-hydroxylation sites is 1. The zero-order valence-corrected chi connectivity index (χ0v) is 17.6. The van der Waals surface area contributed by atoms with Gasteiger partial charge in [-0.1, -0.05) is 30.4 Å². The summed E-state index contributed by atoms with van der Waals surface area (Å²) < 4.78 is 33.4. The van der Waals surface area contributed by atoms with Gasteiger partial charge in [-0.05, 0) is 58.2 Å². The van der Waals surface area contributed by atoms with Crippen LogP contribution in [0.2, 0.25) is 0 Å². The number of allylic oxidation sites excluding steroid dienone is 1. The molecule has 0 fully saturated rings. The number of fused-ring (bicyclic) bond motifs is 1. The zero-order chi connectivity index (χ0) is 22.1. The Labute approximate surface area is 175 Å². The number of hydrogen-bond acceptors (Lipinski definition) is 4. The second-order valence-electron chi connectivity index (χ2n) is 6.95. The van der Waals surface area contributed by atoms with Crippen LogP contribution in [-0.2, 0) is 5.60 Å². The molecule has 1 N–H and O–H groups in total. The molecule has 0 unspecified atom stereocenters. The Morgan fingerprint density at radius 3 is 2.47 bits per heavy atom. The third-order valence-electron chi connectivity index (χ3n) is 4.08. The summed E-state index contributed by atoms with van der Waals surface area (Å²) in [6.07, 6.45) is 7.18. The maximum atomic E-state index is 14.0. The van der Waals surface area contributed by atoms with Gasteiger partial charge in [-0.25, -0.2) is 13.8 Å². The Morgan fingerprint density at radius 2 is 1.80 bits per heavy atom. The molecular formula is C24H26F2N2O2. The minimum absolute atomic E-state index is 0.0549. The smallest absolute Gasteiger partial charge is 0.149 e. The van der Waals surface area contributed by atoms with Gasteiger partial charge in [0.15, 0.2) is 0 Å². The van der Waals surface area contributed by atoms with E-state index >= 15 is 0 Å². The Hall–Kier alpha value is -3.12. The molecule has 1 heterocycles. The number of rotatable bonds is 5. The first-order valence-corrected chi connectivity index (χ1v) is 9.57. The molecule has 4 nitrogen and oxygen atoms in total. The highest BCUT2D eigenvalue weighted by molar-refractivity contribution is 5.80. The molecule has 0 aliphatic heterocycles. The molecule has 0 aliphatic rings. The van der Waals surface area contributed by atoms with Crippen molar-refractivity contribution in [3.8, 4) is 11.5 Å². The average molecular weight is 412 g/mol. The molecule has 6 heteroatoms. The van der Waals surface area contributed by atoms with Crippen molar-refractivity contribution >= 4 is 17.1 Å². The van der Waals surface area contributed by atoms with Crippen LogP contribution in [0.1, 0.15) is 33.3 Å². The highest BCUT2D eigenvalue weighted by atomic mass is 19.1. The first kappa shape index (κ1) is 23.2. The first-order chi connectivity index (χ1) is 14.3. The molecule has 3 rings (SSSR count). The molecule has 0 atom stereocenters. The van der Waals surface area contributed by atoms with E-state index in [0.717, 1.165) is 6.54 Å². The van der Waals surface area contributed by atoms with Crippen molar-refractivity contribution in [2.45, 2.75) is 33.3 Å². The van der Waals surface area contributed by atoms with Crippen molar-refractivity contribution in [3.63, 3.8) is 0 Å². The zero-order valence-electron chi connectivity index (χ0n) is 17.6. The molecule has 1 aromatic heterocycles. The summed E-state index contributed by atoms with van der Waals surface area (Å²) in [7, 11) is 0. The predicted molar refractivity (Wildman–Crippen MR) is 117 cm³/mol. The van der Waals surface area contributed by atoms with Crippen LogP contribution in [0, 0.1) is 11.6 Å². The summed E-state index contributed by atoms with van der Waals surface area (Å²) in [5.41, 5.74) is -1.11. The first-order valence-electron chi connectivity index (χ1n) is 9.57. The predicted octanol–water partition coefficient (Wildman–Crippen LogP) is 6.19. The van der Waals surface area contributed by atoms with Gasteiger partial charge >= 0.3 is 0 Å². The summed E-state index contributed by atoms with van der Waals surface area (Å²) in [5, 5.41) is 10.7. The number of aliphatic imine (C=N–C) groups is 1. The second-order valence-corrected chi connectivity index (χ2v) is 6.95. The van der Waals surface area contributed by atoms with Crippen molar-refractivity contribution in [2.24, 2.45) is 4.99 Å². The lowest BCUT2D eigenvalue weighted by atomic mass is 9.97. The third-order valence-corrected chi connectivity index (χ3v) is 4.08. The van der Waals surface area contributed by atoms with Crippen molar-refractivity contribution < 1.29 is 18.6 Å². The Balaban J connectivity index is 0.000000396. The van der Waals surface area contributed by atoms with E-state index in [2.05, 4.69) is 9.98 Å². The third kappa shape index (κ3) is 6.19. The van der Waals surface area contributed by atoms with Crippen molar-refractivity contribution in [2.75, 3.05) is 6.54 Å². The molecular weight excluding hydrogens is 386 g/mol. The lowest BCUT2D eigenvalue weighted by molar-refractivity contribution is 0.0720. The van der Waals surface area contributed by atoms with Crippen molar-refractivity contribution in [1.82, 2.24) is 4.98 Å². The fourth-order valence-electron chi connectivity index (χ4n) is 2.74. The molecule has 0 amide bonds. The van der Waals surface area contributed by atoms with Gasteiger partial charge < -0.3 is 9.84 Å². The fourth-order valence-corrected chi connectivity index (χ4v) is 2.74. The molecule has 0 saturated carbocycles. The van der Waals surface area contributed by atoms with Gasteiger partial charge in [0, 0.05) is 5.39 Å². The number of ether oxygens (including phenoxy) is 1. The Bertz CT molecular complexity index is 1030. The van der Waals surface area contributed by atoms with Crippen LogP contribution in [0.15, 0.2) is 65.8 Å². The molecule has 158 valence electrons. The largest absolute Gasteiger partial charge is 0.455 e. The summed E-state index contributed by atoms with van der Waals surface area (Å²) >= 11 is 0. The Morgan fingerprint density at radius 1 is 1.10 bits per heavy atom. The van der Waals surface area contributed by atoms with Gasteiger partial charge in [-0.3, -0.25) is 4.99 Å². The number of nitrogens with zero attached hydrogens (tertiary/aromatic N) is 2. The lowest BCUT2D eigenvalue weighted by Gasteiger charge is -2.22. The number of pyridine rings is 1. The van der Waals surface area contributed by atoms with Crippen LogP contribution < -0.4 is 4.74 Å². The van der Waals surface area contributed by atoms with Crippen LogP contribution in [0.3, 0.4) is 0 Å². The van der Waals surface area contributed by atoms with E-state index in [-0.39, 0.29) is 16.8 Å². The fraction of sp³-hybridized carbons (Fsp3) is 0.250. The van der Waals surface area contributed by atoms with Gasteiger partial charge in [0.1, 0.15) is 28.7 Å². The van der Waals surface area contributed by atoms with Crippen LogP contribution in [0.25, 0.3) is 10.9 Å². The van der Waals surface area contributed by atoms with Crippen LogP contribution >= 0.6 is 0 Å². The van der Waals surface area contributed by atoms with Crippen molar-refractivity contribution in [1.29, 1.82) is 0 Å². The van der Waals surface area contributed by atoms with Crippen LogP contribution in [-0.4, -0.2) is 22.8 Å². The molecule has 30 heavy (non-hydrogen) atoms. The van der Waals surface area contributed by atoms with E-state index in [4.69, 9.17) is 4.74 Å². The molecule has 0 aliphatic carbocycles. The van der Waals surface area contributed by atoms with E-state index in [0.29, 0.717) is 11.1 Å². The van der Waals surface area contributed by atoms with Gasteiger partial charge in [0.25, 0.3) is 0 Å². The van der Waals surface area contributed by atoms with Gasteiger partial charge in [0.2, 0.25) is 0 Å². The van der Waals surface area contributed by atoms with Gasteiger partial charge in [0.05, 0.1) is 23.9 Å². The number of hydrogen-bond donors (Lipinski definition) is 1. The topological polar surface area (TPSA) is 54.7 Å². The van der Waals surface area contributed by atoms with Gasteiger partial charge in [-0.15, -0.1) is 0 Å². The van der Waals surface area contributed by atoms with E-state index < -0.39 is 17.2 Å².